The lowest BCUT2D eigenvalue weighted by atomic mass is 10.0. The summed E-state index contributed by atoms with van der Waals surface area (Å²) < 4.78 is 5.56. The Bertz CT molecular complexity index is 555. The number of carbonyl (C=O) groups excluding carboxylic acids is 1. The summed E-state index contributed by atoms with van der Waals surface area (Å²) in [6.07, 6.45) is 2.12. The molecule has 1 aromatic rings. The molecule has 1 saturated heterocycles. The molecule has 1 atom stereocenters. The molecule has 2 heterocycles. The maximum absolute atomic E-state index is 11.8. The first-order valence-electron chi connectivity index (χ1n) is 6.88. The van der Waals surface area contributed by atoms with Crippen molar-refractivity contribution in [2.45, 2.75) is 25.8 Å². The van der Waals surface area contributed by atoms with E-state index in [0.29, 0.717) is 13.1 Å². The third-order valence-electron chi connectivity index (χ3n) is 3.91. The second-order valence-corrected chi connectivity index (χ2v) is 5.41. The Morgan fingerprint density at radius 3 is 3.05 bits per heavy atom. The van der Waals surface area contributed by atoms with Crippen LogP contribution in [0.25, 0.3) is 0 Å². The Morgan fingerprint density at radius 2 is 2.30 bits per heavy atom. The highest BCUT2D eigenvalue weighted by atomic mass is 16.5. The molecule has 0 saturated carbocycles. The molecule has 0 bridgehead atoms. The second-order valence-electron chi connectivity index (χ2n) is 5.41. The highest BCUT2D eigenvalue weighted by molar-refractivity contribution is 5.86. The van der Waals surface area contributed by atoms with Gasteiger partial charge in [0.05, 0.1) is 12.5 Å². The molecule has 1 fully saturated rings. The number of carboxylic acids is 1. The van der Waals surface area contributed by atoms with Gasteiger partial charge in [0.1, 0.15) is 5.75 Å². The van der Waals surface area contributed by atoms with Crippen LogP contribution in [0.1, 0.15) is 24.0 Å². The molecule has 1 amide bonds. The van der Waals surface area contributed by atoms with Crippen LogP contribution in [0.15, 0.2) is 18.2 Å². The number of fused-ring (bicyclic) bond motifs is 1. The number of hydrogen-bond acceptors (Lipinski definition) is 3. The Kier molecular flexibility index (Phi) is 3.34. The average Bonchev–Trinajstić information content (AvgIpc) is 2.80. The fourth-order valence-electron chi connectivity index (χ4n) is 2.82. The van der Waals surface area contributed by atoms with E-state index in [2.05, 4.69) is 6.07 Å². The zero-order valence-electron chi connectivity index (χ0n) is 11.2. The van der Waals surface area contributed by atoms with Gasteiger partial charge in [-0.15, -0.1) is 0 Å². The largest absolute Gasteiger partial charge is 0.493 e. The number of likely N-dealkylation sites (tertiary alicyclic amines) is 1. The first-order valence-corrected chi connectivity index (χ1v) is 6.88. The van der Waals surface area contributed by atoms with Crippen LogP contribution in [0.5, 0.6) is 5.75 Å². The predicted octanol–water partition coefficient (Wildman–Crippen LogP) is 1.44. The molecule has 0 aromatic heterocycles. The van der Waals surface area contributed by atoms with Crippen molar-refractivity contribution in [2.24, 2.45) is 5.92 Å². The molecular formula is C15H17NO4. The van der Waals surface area contributed by atoms with E-state index in [0.717, 1.165) is 30.8 Å². The van der Waals surface area contributed by atoms with E-state index in [4.69, 9.17) is 9.84 Å². The normalized spacial score (nSPS) is 21.5. The lowest BCUT2D eigenvalue weighted by Crippen LogP contribution is -2.25. The first kappa shape index (κ1) is 13.0. The molecule has 2 aliphatic rings. The minimum Gasteiger partial charge on any atom is -0.493 e. The van der Waals surface area contributed by atoms with Crippen LogP contribution in [0.3, 0.4) is 0 Å². The fourth-order valence-corrected chi connectivity index (χ4v) is 2.82. The van der Waals surface area contributed by atoms with E-state index in [1.807, 2.05) is 12.1 Å². The average molecular weight is 275 g/mol. The number of carboxylic acid groups (broad SMARTS) is 1. The molecule has 2 aliphatic heterocycles. The van der Waals surface area contributed by atoms with Crippen molar-refractivity contribution in [3.8, 4) is 5.75 Å². The molecule has 1 unspecified atom stereocenters. The van der Waals surface area contributed by atoms with Crippen molar-refractivity contribution in [3.63, 3.8) is 0 Å². The molecule has 0 spiro atoms. The van der Waals surface area contributed by atoms with Crippen molar-refractivity contribution in [1.82, 2.24) is 4.90 Å². The smallest absolute Gasteiger partial charge is 0.308 e. The van der Waals surface area contributed by atoms with Crippen molar-refractivity contribution < 1.29 is 19.4 Å². The highest BCUT2D eigenvalue weighted by Gasteiger charge is 2.34. The topological polar surface area (TPSA) is 66.8 Å². The van der Waals surface area contributed by atoms with E-state index in [1.165, 1.54) is 5.56 Å². The highest BCUT2D eigenvalue weighted by Crippen LogP contribution is 2.27. The van der Waals surface area contributed by atoms with Crippen LogP contribution in [0.2, 0.25) is 0 Å². The summed E-state index contributed by atoms with van der Waals surface area (Å²) in [4.78, 5) is 24.4. The summed E-state index contributed by atoms with van der Waals surface area (Å²) in [5.41, 5.74) is 2.21. The van der Waals surface area contributed by atoms with E-state index >= 15 is 0 Å². The van der Waals surface area contributed by atoms with Crippen LogP contribution >= 0.6 is 0 Å². The number of aliphatic carboxylic acids is 1. The number of amides is 1. The van der Waals surface area contributed by atoms with Crippen LogP contribution in [0, 0.1) is 5.92 Å². The van der Waals surface area contributed by atoms with Gasteiger partial charge in [-0.1, -0.05) is 12.1 Å². The zero-order valence-corrected chi connectivity index (χ0v) is 11.2. The van der Waals surface area contributed by atoms with Crippen molar-refractivity contribution in [3.05, 3.63) is 29.3 Å². The minimum atomic E-state index is -0.889. The van der Waals surface area contributed by atoms with Gasteiger partial charge < -0.3 is 14.7 Å². The van der Waals surface area contributed by atoms with E-state index in [9.17, 15) is 9.59 Å². The summed E-state index contributed by atoms with van der Waals surface area (Å²) in [7, 11) is 0. The van der Waals surface area contributed by atoms with Gasteiger partial charge in [-0.3, -0.25) is 9.59 Å². The molecule has 20 heavy (non-hydrogen) atoms. The molecule has 5 nitrogen and oxygen atoms in total. The summed E-state index contributed by atoms with van der Waals surface area (Å²) in [6, 6.07) is 5.96. The van der Waals surface area contributed by atoms with Crippen molar-refractivity contribution in [1.29, 1.82) is 0 Å². The van der Waals surface area contributed by atoms with Crippen LogP contribution < -0.4 is 4.74 Å². The third kappa shape index (κ3) is 2.48. The maximum atomic E-state index is 11.8. The molecule has 106 valence electrons. The lowest BCUT2D eigenvalue weighted by molar-refractivity contribution is -0.141. The van der Waals surface area contributed by atoms with E-state index in [1.54, 1.807) is 4.90 Å². The Morgan fingerprint density at radius 1 is 1.45 bits per heavy atom. The zero-order chi connectivity index (χ0) is 14.1. The van der Waals surface area contributed by atoms with Crippen molar-refractivity contribution >= 4 is 11.9 Å². The number of benzene rings is 1. The van der Waals surface area contributed by atoms with Crippen LogP contribution in [-0.2, 0) is 22.6 Å². The standard InChI is InChI=1S/C15H17NO4/c17-14-7-12(15(18)19)9-16(14)8-10-3-4-13-11(6-10)2-1-5-20-13/h3-4,6,12H,1-2,5,7-9H2,(H,18,19). The number of ether oxygens (including phenoxy) is 1. The van der Waals surface area contributed by atoms with Gasteiger partial charge in [0, 0.05) is 19.5 Å². The van der Waals surface area contributed by atoms with Gasteiger partial charge >= 0.3 is 5.97 Å². The molecule has 5 heteroatoms. The summed E-state index contributed by atoms with van der Waals surface area (Å²) in [5, 5.41) is 8.98. The Labute approximate surface area is 117 Å². The molecule has 0 aliphatic carbocycles. The number of nitrogens with zero attached hydrogens (tertiary/aromatic N) is 1. The van der Waals surface area contributed by atoms with Crippen LogP contribution in [-0.4, -0.2) is 35.0 Å². The first-order chi connectivity index (χ1) is 9.63. The number of rotatable bonds is 3. The molecule has 1 N–H and O–H groups in total. The van der Waals surface area contributed by atoms with Crippen molar-refractivity contribution in [2.75, 3.05) is 13.2 Å². The number of aryl methyl sites for hydroxylation is 1. The van der Waals surface area contributed by atoms with Gasteiger partial charge in [0.2, 0.25) is 5.91 Å². The van der Waals surface area contributed by atoms with Gasteiger partial charge in [-0.25, -0.2) is 0 Å². The van der Waals surface area contributed by atoms with Gasteiger partial charge in [-0.2, -0.15) is 0 Å². The van der Waals surface area contributed by atoms with Gasteiger partial charge in [0.15, 0.2) is 0 Å². The third-order valence-corrected chi connectivity index (χ3v) is 3.91. The monoisotopic (exact) mass is 275 g/mol. The van der Waals surface area contributed by atoms with Gasteiger partial charge in [-0.05, 0) is 30.0 Å². The van der Waals surface area contributed by atoms with E-state index < -0.39 is 11.9 Å². The summed E-state index contributed by atoms with van der Waals surface area (Å²) >= 11 is 0. The predicted molar refractivity (Wildman–Crippen MR) is 71.4 cm³/mol. The number of carbonyl (C=O) groups is 2. The Balaban J connectivity index is 1.72. The summed E-state index contributed by atoms with van der Waals surface area (Å²) in [5.74, 6) is -0.606. The summed E-state index contributed by atoms with van der Waals surface area (Å²) in [6.45, 7) is 1.55. The SMILES string of the molecule is O=C(O)C1CC(=O)N(Cc2ccc3c(c2)CCCO3)C1. The fraction of sp³-hybridized carbons (Fsp3) is 0.467. The second kappa shape index (κ2) is 5.15. The van der Waals surface area contributed by atoms with E-state index in [-0.39, 0.29) is 12.3 Å². The quantitative estimate of drug-likeness (QED) is 0.906. The number of hydrogen-bond donors (Lipinski definition) is 1. The van der Waals surface area contributed by atoms with Gasteiger partial charge in [0.25, 0.3) is 0 Å². The Hall–Kier alpha value is -2.04. The minimum absolute atomic E-state index is 0.0774. The maximum Gasteiger partial charge on any atom is 0.308 e. The lowest BCUT2D eigenvalue weighted by Gasteiger charge is -2.20. The molecule has 3 rings (SSSR count). The van der Waals surface area contributed by atoms with Crippen LogP contribution in [0.4, 0.5) is 0 Å². The molecule has 0 radical (unpaired) electrons. The molecular weight excluding hydrogens is 258 g/mol. The molecule has 1 aromatic carbocycles.